The second kappa shape index (κ2) is 5.39. The van der Waals surface area contributed by atoms with Gasteiger partial charge >= 0.3 is 0 Å². The summed E-state index contributed by atoms with van der Waals surface area (Å²) in [6.07, 6.45) is 6.80. The SMILES string of the molecule is CC(NC1CCC(C(C)(C)C)CC1)c1ncn[nH]1. The van der Waals surface area contributed by atoms with Gasteiger partial charge in [-0.2, -0.15) is 5.10 Å². The first-order valence-corrected chi connectivity index (χ1v) is 7.08. The molecule has 0 aliphatic heterocycles. The van der Waals surface area contributed by atoms with E-state index in [1.165, 1.54) is 25.7 Å². The van der Waals surface area contributed by atoms with E-state index in [-0.39, 0.29) is 6.04 Å². The lowest BCUT2D eigenvalue weighted by atomic mass is 9.71. The van der Waals surface area contributed by atoms with E-state index in [9.17, 15) is 0 Å². The number of H-pyrrole nitrogens is 1. The molecule has 2 rings (SSSR count). The van der Waals surface area contributed by atoms with Gasteiger partial charge in [0.1, 0.15) is 12.2 Å². The first kappa shape index (κ1) is 13.5. The van der Waals surface area contributed by atoms with Crippen LogP contribution in [-0.2, 0) is 0 Å². The molecule has 0 amide bonds. The van der Waals surface area contributed by atoms with Gasteiger partial charge in [0.05, 0.1) is 6.04 Å². The number of rotatable bonds is 3. The summed E-state index contributed by atoms with van der Waals surface area (Å²) >= 11 is 0. The molecule has 4 nitrogen and oxygen atoms in total. The van der Waals surface area contributed by atoms with Crippen molar-refractivity contribution in [3.05, 3.63) is 12.2 Å². The molecule has 1 unspecified atom stereocenters. The van der Waals surface area contributed by atoms with Gasteiger partial charge in [0.25, 0.3) is 0 Å². The summed E-state index contributed by atoms with van der Waals surface area (Å²) in [6.45, 7) is 9.24. The molecule has 4 heteroatoms. The molecule has 0 radical (unpaired) electrons. The molecule has 0 aromatic carbocycles. The molecule has 0 spiro atoms. The van der Waals surface area contributed by atoms with Gasteiger partial charge in [-0.3, -0.25) is 5.10 Å². The van der Waals surface area contributed by atoms with Crippen LogP contribution in [0.4, 0.5) is 0 Å². The zero-order valence-corrected chi connectivity index (χ0v) is 12.0. The maximum atomic E-state index is 4.21. The number of aromatic amines is 1. The normalized spacial score (nSPS) is 27.1. The van der Waals surface area contributed by atoms with Crippen LogP contribution in [0, 0.1) is 11.3 Å². The average Bonchev–Trinajstić information content (AvgIpc) is 2.82. The summed E-state index contributed by atoms with van der Waals surface area (Å²) in [6, 6.07) is 0.896. The zero-order valence-electron chi connectivity index (χ0n) is 12.0. The molecule has 1 fully saturated rings. The van der Waals surface area contributed by atoms with E-state index in [0.29, 0.717) is 11.5 Å². The molecule has 2 N–H and O–H groups in total. The Labute approximate surface area is 110 Å². The second-order valence-corrected chi connectivity index (χ2v) is 6.67. The van der Waals surface area contributed by atoms with Crippen LogP contribution < -0.4 is 5.32 Å². The lowest BCUT2D eigenvalue weighted by Crippen LogP contribution is -2.37. The summed E-state index contributed by atoms with van der Waals surface area (Å²) in [5, 5.41) is 10.5. The minimum Gasteiger partial charge on any atom is -0.305 e. The topological polar surface area (TPSA) is 53.6 Å². The number of nitrogens with zero attached hydrogens (tertiary/aromatic N) is 2. The van der Waals surface area contributed by atoms with Gasteiger partial charge in [-0.05, 0) is 43.9 Å². The number of aromatic nitrogens is 3. The summed E-state index contributed by atoms with van der Waals surface area (Å²) in [4.78, 5) is 4.21. The monoisotopic (exact) mass is 250 g/mol. The molecule has 1 saturated carbocycles. The molecule has 18 heavy (non-hydrogen) atoms. The van der Waals surface area contributed by atoms with E-state index in [2.05, 4.69) is 48.2 Å². The van der Waals surface area contributed by atoms with Gasteiger partial charge in [-0.1, -0.05) is 20.8 Å². The molecule has 102 valence electrons. The van der Waals surface area contributed by atoms with Crippen LogP contribution in [-0.4, -0.2) is 21.2 Å². The number of nitrogens with one attached hydrogen (secondary N) is 2. The van der Waals surface area contributed by atoms with Crippen LogP contribution in [0.15, 0.2) is 6.33 Å². The Morgan fingerprint density at radius 2 is 1.94 bits per heavy atom. The van der Waals surface area contributed by atoms with Crippen LogP contribution in [0.25, 0.3) is 0 Å². The Kier molecular flexibility index (Phi) is 4.05. The maximum Gasteiger partial charge on any atom is 0.141 e. The predicted octanol–water partition coefficient (Wildman–Crippen LogP) is 3.06. The van der Waals surface area contributed by atoms with Gasteiger partial charge < -0.3 is 5.32 Å². The third-order valence-electron chi connectivity index (χ3n) is 4.28. The Morgan fingerprint density at radius 1 is 1.28 bits per heavy atom. The molecule has 0 saturated heterocycles. The molecule has 1 heterocycles. The second-order valence-electron chi connectivity index (χ2n) is 6.67. The van der Waals surface area contributed by atoms with Crippen molar-refractivity contribution < 1.29 is 0 Å². The summed E-state index contributed by atoms with van der Waals surface area (Å²) in [5.74, 6) is 1.81. The third kappa shape index (κ3) is 3.31. The van der Waals surface area contributed by atoms with Gasteiger partial charge in [-0.25, -0.2) is 4.98 Å². The van der Waals surface area contributed by atoms with E-state index in [4.69, 9.17) is 0 Å². The van der Waals surface area contributed by atoms with Crippen molar-refractivity contribution >= 4 is 0 Å². The van der Waals surface area contributed by atoms with Crippen molar-refractivity contribution in [1.82, 2.24) is 20.5 Å². The van der Waals surface area contributed by atoms with Gasteiger partial charge in [0, 0.05) is 6.04 Å². The molecule has 1 aromatic rings. The molecular formula is C14H26N4. The van der Waals surface area contributed by atoms with Gasteiger partial charge in [0.15, 0.2) is 0 Å². The third-order valence-corrected chi connectivity index (χ3v) is 4.28. The minimum atomic E-state index is 0.267. The van der Waals surface area contributed by atoms with E-state index in [1.807, 2.05) is 0 Å². The Hall–Kier alpha value is -0.900. The fourth-order valence-corrected chi connectivity index (χ4v) is 2.98. The predicted molar refractivity (Wildman–Crippen MR) is 73.1 cm³/mol. The van der Waals surface area contributed by atoms with Crippen LogP contribution in [0.1, 0.15) is 65.2 Å². The Morgan fingerprint density at radius 3 is 2.44 bits per heavy atom. The van der Waals surface area contributed by atoms with Crippen LogP contribution in [0.2, 0.25) is 0 Å². The number of hydrogen-bond donors (Lipinski definition) is 2. The first-order valence-electron chi connectivity index (χ1n) is 7.08. The largest absolute Gasteiger partial charge is 0.305 e. The zero-order chi connectivity index (χ0) is 13.2. The van der Waals surface area contributed by atoms with Gasteiger partial charge in [0.2, 0.25) is 0 Å². The highest BCUT2D eigenvalue weighted by atomic mass is 15.2. The Balaban J connectivity index is 1.80. The molecule has 1 aliphatic carbocycles. The fraction of sp³-hybridized carbons (Fsp3) is 0.857. The van der Waals surface area contributed by atoms with E-state index in [1.54, 1.807) is 6.33 Å². The van der Waals surface area contributed by atoms with Crippen molar-refractivity contribution in [2.45, 2.75) is 65.5 Å². The molecular weight excluding hydrogens is 224 g/mol. The van der Waals surface area contributed by atoms with Gasteiger partial charge in [-0.15, -0.1) is 0 Å². The first-order chi connectivity index (χ1) is 8.47. The lowest BCUT2D eigenvalue weighted by Gasteiger charge is -2.37. The minimum absolute atomic E-state index is 0.267. The van der Waals surface area contributed by atoms with E-state index < -0.39 is 0 Å². The quantitative estimate of drug-likeness (QED) is 0.867. The Bertz CT molecular complexity index is 344. The summed E-state index contributed by atoms with van der Waals surface area (Å²) in [7, 11) is 0. The van der Waals surface area contributed by atoms with Crippen LogP contribution in [0.3, 0.4) is 0 Å². The lowest BCUT2D eigenvalue weighted by molar-refractivity contribution is 0.156. The van der Waals surface area contributed by atoms with Crippen molar-refractivity contribution in [3.63, 3.8) is 0 Å². The standard InChI is InChI=1S/C14H26N4/c1-10(13-15-9-16-18-13)17-12-7-5-11(6-8-12)14(2,3)4/h9-12,17H,5-8H2,1-4H3,(H,15,16,18). The maximum absolute atomic E-state index is 4.21. The van der Waals surface area contributed by atoms with Crippen molar-refractivity contribution in [1.29, 1.82) is 0 Å². The summed E-state index contributed by atoms with van der Waals surface area (Å²) in [5.41, 5.74) is 0.460. The fourth-order valence-electron chi connectivity index (χ4n) is 2.98. The van der Waals surface area contributed by atoms with Crippen molar-refractivity contribution in [2.75, 3.05) is 0 Å². The van der Waals surface area contributed by atoms with Crippen molar-refractivity contribution in [3.8, 4) is 0 Å². The molecule has 1 aromatic heterocycles. The molecule has 0 bridgehead atoms. The van der Waals surface area contributed by atoms with Crippen LogP contribution >= 0.6 is 0 Å². The van der Waals surface area contributed by atoms with E-state index in [0.717, 1.165) is 11.7 Å². The summed E-state index contributed by atoms with van der Waals surface area (Å²) < 4.78 is 0. The van der Waals surface area contributed by atoms with Crippen molar-refractivity contribution in [2.24, 2.45) is 11.3 Å². The molecule has 1 atom stereocenters. The average molecular weight is 250 g/mol. The van der Waals surface area contributed by atoms with E-state index >= 15 is 0 Å². The smallest absolute Gasteiger partial charge is 0.141 e. The number of hydrogen-bond acceptors (Lipinski definition) is 3. The highest BCUT2D eigenvalue weighted by Crippen LogP contribution is 2.38. The highest BCUT2D eigenvalue weighted by molar-refractivity contribution is 4.92. The highest BCUT2D eigenvalue weighted by Gasteiger charge is 2.30. The molecule has 1 aliphatic rings. The van der Waals surface area contributed by atoms with Crippen LogP contribution in [0.5, 0.6) is 0 Å².